The summed E-state index contributed by atoms with van der Waals surface area (Å²) in [6, 6.07) is 0. The highest BCUT2D eigenvalue weighted by Crippen LogP contribution is 2.36. The second-order valence-electron chi connectivity index (χ2n) is 18.8. The predicted molar refractivity (Wildman–Crippen MR) is 267 cm³/mol. The molecular formula is C42H92O46+2. The second kappa shape index (κ2) is 43.7. The number of hydrogen-bond acceptors (Lipinski definition) is 44. The van der Waals surface area contributed by atoms with Gasteiger partial charge in [-0.1, -0.05) is 0 Å². The summed E-state index contributed by atoms with van der Waals surface area (Å²) in [6.45, 7) is -6.07. The van der Waals surface area contributed by atoms with E-state index >= 15 is 0 Å². The molecule has 4 rings (SSSR count). The molecule has 4 aliphatic heterocycles. The second-order valence-corrected chi connectivity index (χ2v) is 18.8. The molecule has 46 heteroatoms. The van der Waals surface area contributed by atoms with Gasteiger partial charge < -0.3 is 233 Å². The van der Waals surface area contributed by atoms with Crippen LogP contribution in [-0.4, -0.2) is 455 Å². The number of ether oxygens (including phenoxy) is 5. The molecule has 4 saturated heterocycles. The Balaban J connectivity index is -0.000000489. The van der Waals surface area contributed by atoms with E-state index in [9.17, 15) is 40.5 Å². The Morgan fingerprint density at radius 2 is 0.773 bits per heavy atom. The van der Waals surface area contributed by atoms with Crippen molar-refractivity contribution in [3.05, 3.63) is 0 Å². The van der Waals surface area contributed by atoms with Crippen LogP contribution in [0.3, 0.4) is 0 Å². The molecule has 4 heterocycles. The van der Waals surface area contributed by atoms with Gasteiger partial charge in [0, 0.05) is 0 Å². The number of aliphatic hydroxyl groups excluding tert-OH is 34. The van der Waals surface area contributed by atoms with E-state index in [-0.39, 0.29) is 17.2 Å². The highest BCUT2D eigenvalue weighted by atomic mass is 16.8. The van der Waals surface area contributed by atoms with Crippen molar-refractivity contribution in [1.29, 1.82) is 0 Å². The van der Waals surface area contributed by atoms with E-state index in [1.165, 1.54) is 0 Å². The number of aldehydes is 1. The van der Waals surface area contributed by atoms with Crippen LogP contribution in [-0.2, 0) is 39.4 Å². The quantitative estimate of drug-likeness (QED) is 0.0257. The number of carbonyl (C=O) groups is 1. The van der Waals surface area contributed by atoms with Crippen molar-refractivity contribution in [3.8, 4) is 0 Å². The Hall–Kier alpha value is -2.13. The van der Waals surface area contributed by atoms with Crippen LogP contribution in [0.4, 0.5) is 0 Å². The minimum atomic E-state index is -2.23. The molecule has 46 nitrogen and oxygen atoms in total. The Morgan fingerprint density at radius 1 is 0.398 bits per heavy atom. The van der Waals surface area contributed by atoms with Crippen molar-refractivity contribution < 1.29 is 233 Å². The van der Waals surface area contributed by atoms with Gasteiger partial charge >= 0.3 is 0 Å². The zero-order valence-electron chi connectivity index (χ0n) is 45.7. The molecule has 0 aliphatic carbocycles. The molecule has 0 aromatic carbocycles. The van der Waals surface area contributed by atoms with E-state index in [0.29, 0.717) is 0 Å². The average molecular weight is 1330 g/mol. The summed E-state index contributed by atoms with van der Waals surface area (Å²) in [7, 11) is 0. The van der Waals surface area contributed by atoms with Gasteiger partial charge in [0.25, 0.3) is 0 Å². The van der Waals surface area contributed by atoms with Gasteiger partial charge in [-0.15, -0.1) is 0 Å². The van der Waals surface area contributed by atoms with Gasteiger partial charge in [0.05, 0.1) is 46.2 Å². The standard InChI is InChI=1S/C12H22O11.C6H12O7.2C6H14O7.2C6H12O6.2H2O/c13-1-4-6(16)8(18)9(19)11(21-4)23-12(3-15)10(20)7(17)5(2-14)22-12;7-1-2(8)4(5(10)11)13-6(12)3(1)9;2*7-1-2(8)3(9)4(10)5(11)6(12)13;7-1-3-4(9)5(10)6(11,2-8)12-3;7-1-3(9)5(11)6(12)4(10)2-8;;/h4-11,13-20H,1-3H2;1-12H;2*2-13H,1H2;3-5,7-11H,1-2H2;1,3-6,8-12H,2H2;2*1H2/p+2/t4?,5-,6-,7?,8-,9?,10-,11+,12+;1-,2+,3?,4?,6-;2*2?,3-,4-,5?;3-,4?,5-,6-;3?,4?,5-,6+;;/m000001../s1. The summed E-state index contributed by atoms with van der Waals surface area (Å²) in [5.74, 6) is -4.38. The molecule has 30 atom stereocenters. The molecule has 534 valence electrons. The third kappa shape index (κ3) is 26.0. The summed E-state index contributed by atoms with van der Waals surface area (Å²) < 4.78 is 24.5. The predicted octanol–water partition coefficient (Wildman–Crippen LogP) is -26.3. The lowest BCUT2D eigenvalue weighted by Crippen LogP contribution is -2.62. The molecule has 0 bridgehead atoms. The fourth-order valence-corrected chi connectivity index (χ4v) is 6.96. The van der Waals surface area contributed by atoms with Gasteiger partial charge in [0.15, 0.2) is 37.7 Å². The van der Waals surface area contributed by atoms with Crippen molar-refractivity contribution in [2.45, 2.75) is 202 Å². The maximum absolute atomic E-state index is 10.00. The van der Waals surface area contributed by atoms with Crippen LogP contribution in [0, 0.1) is 0 Å². The minimum Gasteiger partial charge on any atom is -0.457 e. The first-order valence-corrected chi connectivity index (χ1v) is 24.8. The topological polar surface area (TPSA) is 898 Å². The van der Waals surface area contributed by atoms with Gasteiger partial charge in [-0.3, -0.25) is 0 Å². The maximum atomic E-state index is 10.00. The van der Waals surface area contributed by atoms with Crippen LogP contribution >= 0.6 is 0 Å². The van der Waals surface area contributed by atoms with E-state index < -0.39 is 255 Å². The largest absolute Gasteiger partial charge is 0.457 e. The Kier molecular flexibility index (Phi) is 45.8. The van der Waals surface area contributed by atoms with Crippen LogP contribution in [0.5, 0.6) is 0 Å². The summed E-state index contributed by atoms with van der Waals surface area (Å²) in [4.78, 5) is 9.90. The van der Waals surface area contributed by atoms with Gasteiger partial charge in [-0.25, -0.2) is 0 Å². The first kappa shape index (κ1) is 92.3. The van der Waals surface area contributed by atoms with Crippen molar-refractivity contribution in [1.82, 2.24) is 0 Å². The van der Waals surface area contributed by atoms with Gasteiger partial charge in [0.1, 0.15) is 165 Å². The normalized spacial score (nSPS) is 36.0. The van der Waals surface area contributed by atoms with Gasteiger partial charge in [-0.05, 0) is 0 Å². The molecule has 0 aromatic rings. The van der Waals surface area contributed by atoms with E-state index in [4.69, 9.17) is 173 Å². The van der Waals surface area contributed by atoms with Gasteiger partial charge in [-0.2, -0.15) is 0 Å². The number of rotatable bonds is 23. The number of aliphatic hydroxyl groups is 38. The molecule has 0 aromatic heterocycles. The molecule has 0 radical (unpaired) electrons. The lowest BCUT2D eigenvalue weighted by Gasteiger charge is -2.43. The lowest BCUT2D eigenvalue weighted by molar-refractivity contribution is -0.383. The fraction of sp³-hybridized carbons (Fsp3) is 0.976. The third-order valence-corrected chi connectivity index (χ3v) is 12.5. The van der Waals surface area contributed by atoms with Crippen molar-refractivity contribution in [2.75, 3.05) is 52.9 Å². The summed E-state index contributed by atoms with van der Waals surface area (Å²) >= 11 is 0. The molecule has 88 heavy (non-hydrogen) atoms. The van der Waals surface area contributed by atoms with Crippen LogP contribution in [0.2, 0.25) is 0 Å². The maximum Gasteiger partial charge on any atom is 0.224 e. The zero-order chi connectivity index (χ0) is 67.8. The van der Waals surface area contributed by atoms with E-state index in [1.54, 1.807) is 0 Å². The van der Waals surface area contributed by atoms with Crippen molar-refractivity contribution >= 4 is 6.29 Å². The molecule has 0 saturated carbocycles. The summed E-state index contributed by atoms with van der Waals surface area (Å²) in [6.07, 6.45) is -53.2. The first-order valence-electron chi connectivity index (χ1n) is 24.8. The minimum absolute atomic E-state index is 0. The molecule has 4 aliphatic rings. The van der Waals surface area contributed by atoms with Gasteiger partial charge in [0.2, 0.25) is 11.6 Å². The monoisotopic (exact) mass is 1330 g/mol. The third-order valence-electron chi connectivity index (χ3n) is 12.5. The zero-order valence-corrected chi connectivity index (χ0v) is 45.7. The van der Waals surface area contributed by atoms with E-state index in [0.717, 1.165) is 0 Å². The molecule has 4 fully saturated rings. The van der Waals surface area contributed by atoms with Crippen LogP contribution in [0.1, 0.15) is 0 Å². The summed E-state index contributed by atoms with van der Waals surface area (Å²) in [5.41, 5.74) is 0. The van der Waals surface area contributed by atoms with Crippen LogP contribution in [0.15, 0.2) is 0 Å². The smallest absolute Gasteiger partial charge is 0.224 e. The van der Waals surface area contributed by atoms with Crippen LogP contribution in [0.25, 0.3) is 0 Å². The Bertz CT molecular complexity index is 1710. The lowest BCUT2D eigenvalue weighted by atomic mass is 9.99. The van der Waals surface area contributed by atoms with E-state index in [1.807, 2.05) is 0 Å². The highest BCUT2D eigenvalue weighted by molar-refractivity contribution is 5.56. The fourth-order valence-electron chi connectivity index (χ4n) is 6.96. The Morgan fingerprint density at radius 3 is 1.08 bits per heavy atom. The average Bonchev–Trinajstić information content (AvgIpc) is 1.75. The molecule has 0 spiro atoms. The first-order chi connectivity index (χ1) is 39.7. The number of carbonyl (C=O) groups excluding carboxylic acids is 1. The molecule has 12 unspecified atom stereocenters. The highest BCUT2D eigenvalue weighted by Gasteiger charge is 2.59. The van der Waals surface area contributed by atoms with Crippen LogP contribution < -0.4 is 0 Å². The van der Waals surface area contributed by atoms with Crippen molar-refractivity contribution in [3.63, 3.8) is 0 Å². The molecule has 44 N–H and O–H groups in total. The molecule has 0 amide bonds. The van der Waals surface area contributed by atoms with Crippen molar-refractivity contribution in [2.24, 2.45) is 0 Å². The van der Waals surface area contributed by atoms with E-state index in [2.05, 4.69) is 9.47 Å². The molecular weight excluding hydrogens is 1240 g/mol. The number of hydrogen-bond donors (Lipinski definition) is 38. The summed E-state index contributed by atoms with van der Waals surface area (Å²) in [5, 5.41) is 340. The SMILES string of the molecule is O=CC(O)[C@@H](O)[C@@H](O)C(O)CO.OC(O)C1O[C@H](O)C(O)[C@@H](O)[C@H]1O.OCC(O)[C@H](O)[C@H](O)C(O)C(O)O.OCC(O)[C@H](O)[C@H](O)C(O)C(O)O.OCC1O[C@H](O[C@@]2(CO)O[C@@H](CO)C(O)[C@@H]2O)C(O)[C@@H](O)[C@H]1O.OC[C@@H]1O[C@@](O)(CO)[C@@H](O)C1O.[OH3+].[OH3+]. The Labute approximate surface area is 494 Å².